The van der Waals surface area contributed by atoms with E-state index >= 15 is 0 Å². The molecule has 5 heteroatoms. The zero-order chi connectivity index (χ0) is 12.3. The molecular formula is C12H17N3OS. The maximum absolute atomic E-state index is 11.5. The molecule has 1 N–H and O–H groups in total. The lowest BCUT2D eigenvalue weighted by molar-refractivity contribution is -0.111. The molecule has 0 aromatic carbocycles. The number of rotatable bonds is 5. The van der Waals surface area contributed by atoms with E-state index in [9.17, 15) is 4.79 Å². The molecular weight excluding hydrogens is 234 g/mol. The van der Waals surface area contributed by atoms with Gasteiger partial charge in [-0.1, -0.05) is 0 Å². The van der Waals surface area contributed by atoms with Crippen molar-refractivity contribution in [3.63, 3.8) is 0 Å². The number of hydrogen-bond acceptors (Lipinski definition) is 5. The van der Waals surface area contributed by atoms with Crippen molar-refractivity contribution in [2.24, 2.45) is 10.3 Å². The first kappa shape index (κ1) is 12.4. The highest BCUT2D eigenvalue weighted by atomic mass is 32.2. The first-order valence-electron chi connectivity index (χ1n) is 5.74. The highest BCUT2D eigenvalue weighted by Gasteiger charge is 2.29. The number of nitrogens with zero attached hydrogens (tertiary/aromatic N) is 2. The van der Waals surface area contributed by atoms with Gasteiger partial charge in [0.2, 0.25) is 5.12 Å². The number of nitrogens with one attached hydrogen (secondary N) is 1. The summed E-state index contributed by atoms with van der Waals surface area (Å²) in [4.78, 5) is 13.7. The molecule has 0 saturated heterocycles. The molecule has 0 fully saturated rings. The van der Waals surface area contributed by atoms with E-state index in [1.165, 1.54) is 0 Å². The normalized spacial score (nSPS) is 22.5. The van der Waals surface area contributed by atoms with Crippen LogP contribution in [0.3, 0.4) is 0 Å². The molecule has 0 radical (unpaired) electrons. The second kappa shape index (κ2) is 5.51. The van der Waals surface area contributed by atoms with E-state index in [4.69, 9.17) is 0 Å². The summed E-state index contributed by atoms with van der Waals surface area (Å²) in [6.07, 6.45) is 6.98. The Labute approximate surface area is 106 Å². The second-order valence-electron chi connectivity index (χ2n) is 4.44. The predicted molar refractivity (Wildman–Crippen MR) is 71.9 cm³/mol. The highest BCUT2D eigenvalue weighted by Crippen LogP contribution is 2.28. The molecule has 1 aliphatic carbocycles. The molecule has 2 rings (SSSR count). The van der Waals surface area contributed by atoms with Crippen LogP contribution in [0, 0.1) is 5.92 Å². The Balaban J connectivity index is 1.83. The van der Waals surface area contributed by atoms with Gasteiger partial charge in [-0.3, -0.25) is 4.79 Å². The van der Waals surface area contributed by atoms with E-state index in [0.717, 1.165) is 42.9 Å². The summed E-state index contributed by atoms with van der Waals surface area (Å²) in [7, 11) is 4.13. The van der Waals surface area contributed by atoms with Gasteiger partial charge in [0, 0.05) is 12.2 Å². The number of allylic oxidation sites excluding steroid dienone is 3. The molecule has 0 aromatic heterocycles. The van der Waals surface area contributed by atoms with Crippen LogP contribution >= 0.6 is 11.9 Å². The summed E-state index contributed by atoms with van der Waals surface area (Å²) < 4.78 is 4.11. The highest BCUT2D eigenvalue weighted by molar-refractivity contribution is 8.13. The van der Waals surface area contributed by atoms with E-state index in [-0.39, 0.29) is 11.0 Å². The quantitative estimate of drug-likeness (QED) is 0.589. The summed E-state index contributed by atoms with van der Waals surface area (Å²) >= 11 is 1.06. The molecule has 2 aliphatic rings. The van der Waals surface area contributed by atoms with Gasteiger partial charge in [0.15, 0.2) is 0 Å². The maximum Gasteiger partial charge on any atom is 0.224 e. The Kier molecular flexibility index (Phi) is 4.02. The molecule has 0 bridgehead atoms. The molecule has 0 spiro atoms. The topological polar surface area (TPSA) is 44.7 Å². The Morgan fingerprint density at radius 1 is 1.47 bits per heavy atom. The molecule has 92 valence electrons. The van der Waals surface area contributed by atoms with Crippen molar-refractivity contribution in [1.29, 1.82) is 0 Å². The Morgan fingerprint density at radius 2 is 2.29 bits per heavy atom. The molecule has 1 aliphatic heterocycles. The molecule has 1 unspecified atom stereocenters. The zero-order valence-electron chi connectivity index (χ0n) is 10.1. The molecule has 4 nitrogen and oxygen atoms in total. The fourth-order valence-corrected chi connectivity index (χ4v) is 2.45. The molecule has 1 heterocycles. The summed E-state index contributed by atoms with van der Waals surface area (Å²) in [6.45, 7) is 1.99. The molecule has 0 saturated carbocycles. The van der Waals surface area contributed by atoms with Crippen LogP contribution < -0.4 is 5.32 Å². The lowest BCUT2D eigenvalue weighted by Gasteiger charge is -2.15. The minimum absolute atomic E-state index is 0.122. The average Bonchev–Trinajstić information content (AvgIpc) is 2.66. The first-order chi connectivity index (χ1) is 8.16. The van der Waals surface area contributed by atoms with Crippen LogP contribution in [0.1, 0.15) is 6.42 Å². The van der Waals surface area contributed by atoms with Gasteiger partial charge in [-0.05, 0) is 45.3 Å². The zero-order valence-corrected chi connectivity index (χ0v) is 11.0. The third-order valence-corrected chi connectivity index (χ3v) is 3.44. The van der Waals surface area contributed by atoms with Crippen molar-refractivity contribution in [1.82, 2.24) is 10.2 Å². The number of fused-ring (bicyclic) bond motifs is 1. The van der Waals surface area contributed by atoms with Gasteiger partial charge in [-0.15, -0.1) is 0 Å². The lowest BCUT2D eigenvalue weighted by Crippen LogP contribution is -2.24. The van der Waals surface area contributed by atoms with Crippen LogP contribution in [0.5, 0.6) is 0 Å². The van der Waals surface area contributed by atoms with Gasteiger partial charge >= 0.3 is 0 Å². The largest absolute Gasteiger partial charge is 0.385 e. The van der Waals surface area contributed by atoms with Gasteiger partial charge in [-0.25, -0.2) is 4.40 Å². The van der Waals surface area contributed by atoms with Crippen LogP contribution in [-0.4, -0.2) is 42.9 Å². The number of carbonyl (C=O) groups is 1. The Hall–Kier alpha value is -1.07. The molecule has 1 atom stereocenters. The van der Waals surface area contributed by atoms with Crippen molar-refractivity contribution in [3.8, 4) is 0 Å². The van der Waals surface area contributed by atoms with Crippen LogP contribution in [0.2, 0.25) is 0 Å². The fourth-order valence-electron chi connectivity index (χ4n) is 1.78. The van der Waals surface area contributed by atoms with E-state index in [1.54, 1.807) is 0 Å². The third kappa shape index (κ3) is 3.20. The molecule has 0 aromatic rings. The summed E-state index contributed by atoms with van der Waals surface area (Å²) in [5.41, 5.74) is 1.90. The van der Waals surface area contributed by atoms with Crippen molar-refractivity contribution in [2.45, 2.75) is 6.42 Å². The average molecular weight is 251 g/mol. The van der Waals surface area contributed by atoms with E-state index in [2.05, 4.69) is 28.7 Å². The third-order valence-electron chi connectivity index (χ3n) is 2.70. The van der Waals surface area contributed by atoms with Gasteiger partial charge in [-0.2, -0.15) is 0 Å². The van der Waals surface area contributed by atoms with Gasteiger partial charge in [0.25, 0.3) is 0 Å². The molecule has 0 amide bonds. The van der Waals surface area contributed by atoms with Crippen molar-refractivity contribution in [3.05, 3.63) is 23.9 Å². The minimum atomic E-state index is -0.138. The number of hydrogen-bond donors (Lipinski definition) is 1. The van der Waals surface area contributed by atoms with Crippen LogP contribution in [0.4, 0.5) is 0 Å². The predicted octanol–water partition coefficient (Wildman–Crippen LogP) is 1.23. The van der Waals surface area contributed by atoms with Crippen LogP contribution in [0.25, 0.3) is 0 Å². The van der Waals surface area contributed by atoms with E-state index in [1.807, 2.05) is 18.2 Å². The van der Waals surface area contributed by atoms with Gasteiger partial charge in [0.05, 0.1) is 23.6 Å². The lowest BCUT2D eigenvalue weighted by atomic mass is 9.98. The van der Waals surface area contributed by atoms with Crippen LogP contribution in [0.15, 0.2) is 28.3 Å². The summed E-state index contributed by atoms with van der Waals surface area (Å²) in [5.74, 6) is -0.138. The Bertz CT molecular complexity index is 399. The monoisotopic (exact) mass is 251 g/mol. The maximum atomic E-state index is 11.5. The van der Waals surface area contributed by atoms with Gasteiger partial charge in [0.1, 0.15) is 0 Å². The minimum Gasteiger partial charge on any atom is -0.385 e. The van der Waals surface area contributed by atoms with Crippen molar-refractivity contribution < 1.29 is 4.79 Å². The van der Waals surface area contributed by atoms with E-state index < -0.39 is 0 Å². The van der Waals surface area contributed by atoms with Crippen molar-refractivity contribution in [2.75, 3.05) is 27.2 Å². The smallest absolute Gasteiger partial charge is 0.224 e. The van der Waals surface area contributed by atoms with E-state index in [0.29, 0.717) is 0 Å². The Morgan fingerprint density at radius 3 is 3.06 bits per heavy atom. The van der Waals surface area contributed by atoms with Crippen LogP contribution in [-0.2, 0) is 4.79 Å². The number of carbonyl (C=O) groups excluding carboxylic acids is 1. The fraction of sp³-hybridized carbons (Fsp3) is 0.500. The summed E-state index contributed by atoms with van der Waals surface area (Å²) in [5, 5.41) is 3.46. The summed E-state index contributed by atoms with van der Waals surface area (Å²) in [6, 6.07) is 0. The second-order valence-corrected chi connectivity index (χ2v) is 5.21. The SMILES string of the molecule is CN(C)CCCNC1=CC2C(=O)SN=C2C=C1. The standard InChI is InChI=1S/C12H17N3OS/c1-15(2)7-3-6-13-9-4-5-11-10(8-9)12(16)17-14-11/h4-5,8,10,13H,3,6-7H2,1-2H3. The van der Waals surface area contributed by atoms with Crippen molar-refractivity contribution >= 4 is 22.8 Å². The first-order valence-corrected chi connectivity index (χ1v) is 6.51. The molecule has 17 heavy (non-hydrogen) atoms. The van der Waals surface area contributed by atoms with Gasteiger partial charge < -0.3 is 10.2 Å².